The number of ketones is 1. The summed E-state index contributed by atoms with van der Waals surface area (Å²) < 4.78 is 13.1. The van der Waals surface area contributed by atoms with Crippen LogP contribution in [-0.4, -0.2) is 11.7 Å². The molecule has 0 radical (unpaired) electrons. The molecule has 2 aromatic carbocycles. The molecule has 0 atom stereocenters. The van der Waals surface area contributed by atoms with Crippen LogP contribution in [0.4, 0.5) is 10.1 Å². The van der Waals surface area contributed by atoms with Crippen molar-refractivity contribution in [2.24, 2.45) is 0 Å². The normalized spacial score (nSPS) is 13.0. The highest BCUT2D eigenvalue weighted by molar-refractivity contribution is 6.34. The van der Waals surface area contributed by atoms with E-state index in [-0.39, 0.29) is 35.4 Å². The van der Waals surface area contributed by atoms with Gasteiger partial charge in [0.2, 0.25) is 5.91 Å². The third kappa shape index (κ3) is 2.81. The zero-order valence-electron chi connectivity index (χ0n) is 11.0. The summed E-state index contributed by atoms with van der Waals surface area (Å²) in [6.07, 6.45) is 0.310. The van der Waals surface area contributed by atoms with E-state index in [1.807, 2.05) is 0 Å². The molecule has 1 aliphatic heterocycles. The first kappa shape index (κ1) is 13.8. The van der Waals surface area contributed by atoms with Crippen molar-refractivity contribution in [3.8, 4) is 0 Å². The largest absolute Gasteiger partial charge is 0.325 e. The first-order chi connectivity index (χ1) is 10.0. The maximum atomic E-state index is 13.1. The Hall–Kier alpha value is -2.20. The van der Waals surface area contributed by atoms with Crippen LogP contribution in [0.1, 0.15) is 21.5 Å². The number of fused-ring (bicyclic) bond motifs is 1. The highest BCUT2D eigenvalue weighted by Gasteiger charge is 2.22. The maximum Gasteiger partial charge on any atom is 0.228 e. The minimum Gasteiger partial charge on any atom is -0.325 e. The number of halogens is 2. The van der Waals surface area contributed by atoms with Gasteiger partial charge < -0.3 is 5.32 Å². The number of hydrogen-bond acceptors (Lipinski definition) is 2. The van der Waals surface area contributed by atoms with Crippen LogP contribution in [0.2, 0.25) is 5.02 Å². The van der Waals surface area contributed by atoms with Gasteiger partial charge in [0, 0.05) is 17.7 Å². The second kappa shape index (κ2) is 5.30. The second-order valence-corrected chi connectivity index (χ2v) is 5.35. The molecule has 0 bridgehead atoms. The average Bonchev–Trinajstić information content (AvgIpc) is 2.76. The van der Waals surface area contributed by atoms with Crippen LogP contribution in [-0.2, 0) is 17.6 Å². The summed E-state index contributed by atoms with van der Waals surface area (Å²) in [5.41, 5.74) is 2.35. The van der Waals surface area contributed by atoms with Gasteiger partial charge >= 0.3 is 0 Å². The van der Waals surface area contributed by atoms with E-state index in [2.05, 4.69) is 5.32 Å². The zero-order chi connectivity index (χ0) is 15.0. The highest BCUT2D eigenvalue weighted by Crippen LogP contribution is 2.30. The summed E-state index contributed by atoms with van der Waals surface area (Å²) >= 11 is 6.10. The Bertz CT molecular complexity index is 758. The molecule has 1 heterocycles. The summed E-state index contributed by atoms with van der Waals surface area (Å²) in [7, 11) is 0. The van der Waals surface area contributed by atoms with Crippen molar-refractivity contribution in [1.82, 2.24) is 0 Å². The lowest BCUT2D eigenvalue weighted by molar-refractivity contribution is -0.115. The van der Waals surface area contributed by atoms with Crippen LogP contribution in [0, 0.1) is 5.82 Å². The smallest absolute Gasteiger partial charge is 0.228 e. The number of carbonyl (C=O) groups excluding carboxylic acids is 2. The lowest BCUT2D eigenvalue weighted by Gasteiger charge is -2.07. The third-order valence-corrected chi connectivity index (χ3v) is 3.68. The molecule has 0 spiro atoms. The first-order valence-electron chi connectivity index (χ1n) is 6.43. The van der Waals surface area contributed by atoms with Crippen molar-refractivity contribution in [2.45, 2.75) is 12.8 Å². The van der Waals surface area contributed by atoms with E-state index in [0.29, 0.717) is 16.8 Å². The minimum atomic E-state index is -0.379. The number of anilines is 1. The first-order valence-corrected chi connectivity index (χ1v) is 6.80. The molecule has 1 N–H and O–H groups in total. The molecule has 106 valence electrons. The predicted octanol–water partition coefficient (Wildman–Crippen LogP) is 3.40. The van der Waals surface area contributed by atoms with Crippen molar-refractivity contribution in [3.63, 3.8) is 0 Å². The molecule has 0 saturated carbocycles. The molecule has 1 amide bonds. The summed E-state index contributed by atoms with van der Waals surface area (Å²) in [6.45, 7) is 0. The molecule has 3 nitrogen and oxygen atoms in total. The van der Waals surface area contributed by atoms with Crippen molar-refractivity contribution in [1.29, 1.82) is 0 Å². The van der Waals surface area contributed by atoms with Crippen LogP contribution in [0.5, 0.6) is 0 Å². The molecule has 0 aromatic heterocycles. The molecular weight excluding hydrogens is 293 g/mol. The van der Waals surface area contributed by atoms with Gasteiger partial charge in [-0.25, -0.2) is 4.39 Å². The lowest BCUT2D eigenvalue weighted by Crippen LogP contribution is -2.05. The molecule has 1 aliphatic rings. The maximum absolute atomic E-state index is 13.1. The average molecular weight is 304 g/mol. The number of benzene rings is 2. The monoisotopic (exact) mass is 303 g/mol. The van der Waals surface area contributed by atoms with E-state index in [0.717, 1.165) is 5.56 Å². The minimum absolute atomic E-state index is 0.0671. The van der Waals surface area contributed by atoms with Gasteiger partial charge in [-0.1, -0.05) is 23.7 Å². The summed E-state index contributed by atoms with van der Waals surface area (Å²) in [5, 5.41) is 2.97. The van der Waals surface area contributed by atoms with Crippen molar-refractivity contribution < 1.29 is 14.0 Å². The third-order valence-electron chi connectivity index (χ3n) is 3.37. The number of amides is 1. The van der Waals surface area contributed by atoms with Gasteiger partial charge in [0.1, 0.15) is 5.82 Å². The Balaban J connectivity index is 1.89. The molecule has 3 rings (SSSR count). The summed E-state index contributed by atoms with van der Waals surface area (Å²) in [5.74, 6) is -0.696. The standard InChI is InChI=1S/C16H11ClFNO2/c17-13-8-14-10(7-16(21)19-14)6-12(13)15(20)5-9-2-1-3-11(18)4-9/h1-4,6,8H,5,7H2,(H,19,21). The molecule has 21 heavy (non-hydrogen) atoms. The van der Waals surface area contributed by atoms with E-state index >= 15 is 0 Å². The zero-order valence-corrected chi connectivity index (χ0v) is 11.7. The number of nitrogens with one attached hydrogen (secondary N) is 1. The van der Waals surface area contributed by atoms with Crippen molar-refractivity contribution in [2.75, 3.05) is 5.32 Å². The fourth-order valence-electron chi connectivity index (χ4n) is 2.39. The quantitative estimate of drug-likeness (QED) is 0.883. The van der Waals surface area contributed by atoms with Gasteiger partial charge in [0.15, 0.2) is 5.78 Å². The number of rotatable bonds is 3. The lowest BCUT2D eigenvalue weighted by atomic mass is 10.00. The van der Waals surface area contributed by atoms with Crippen LogP contribution in [0.3, 0.4) is 0 Å². The Morgan fingerprint density at radius 2 is 2.10 bits per heavy atom. The Morgan fingerprint density at radius 3 is 2.86 bits per heavy atom. The molecule has 0 aliphatic carbocycles. The number of Topliss-reactive ketones (excluding diaryl/α,β-unsaturated/α-hetero) is 1. The topological polar surface area (TPSA) is 46.2 Å². The second-order valence-electron chi connectivity index (χ2n) is 4.94. The van der Waals surface area contributed by atoms with Crippen LogP contribution < -0.4 is 5.32 Å². The SMILES string of the molecule is O=C1Cc2cc(C(=O)Cc3cccc(F)c3)c(Cl)cc2N1. The van der Waals surface area contributed by atoms with Gasteiger partial charge in [0.25, 0.3) is 0 Å². The van der Waals surface area contributed by atoms with E-state index in [4.69, 9.17) is 11.6 Å². The van der Waals surface area contributed by atoms with Crippen LogP contribution in [0.15, 0.2) is 36.4 Å². The Labute approximate surface area is 125 Å². The Kier molecular flexibility index (Phi) is 3.47. The van der Waals surface area contributed by atoms with Crippen molar-refractivity contribution in [3.05, 3.63) is 63.9 Å². The molecule has 0 unspecified atom stereocenters. The summed E-state index contributed by atoms with van der Waals surface area (Å²) in [6, 6.07) is 9.12. The summed E-state index contributed by atoms with van der Waals surface area (Å²) in [4.78, 5) is 23.7. The fourth-order valence-corrected chi connectivity index (χ4v) is 2.66. The van der Waals surface area contributed by atoms with Gasteiger partial charge in [-0.2, -0.15) is 0 Å². The van der Waals surface area contributed by atoms with Gasteiger partial charge in [0.05, 0.1) is 11.4 Å². The van der Waals surface area contributed by atoms with E-state index in [9.17, 15) is 14.0 Å². The molecular formula is C16H11ClFNO2. The van der Waals surface area contributed by atoms with Crippen LogP contribution >= 0.6 is 11.6 Å². The Morgan fingerprint density at radius 1 is 1.29 bits per heavy atom. The van der Waals surface area contributed by atoms with E-state index in [1.54, 1.807) is 24.3 Å². The van der Waals surface area contributed by atoms with Gasteiger partial charge in [-0.05, 0) is 35.4 Å². The highest BCUT2D eigenvalue weighted by atomic mass is 35.5. The van der Waals surface area contributed by atoms with Gasteiger partial charge in [-0.15, -0.1) is 0 Å². The molecule has 2 aromatic rings. The van der Waals surface area contributed by atoms with E-state index in [1.165, 1.54) is 12.1 Å². The molecule has 5 heteroatoms. The fraction of sp³-hybridized carbons (Fsp3) is 0.125. The number of carbonyl (C=O) groups is 2. The molecule has 0 saturated heterocycles. The van der Waals surface area contributed by atoms with Crippen LogP contribution in [0.25, 0.3) is 0 Å². The number of hydrogen-bond donors (Lipinski definition) is 1. The molecule has 0 fully saturated rings. The van der Waals surface area contributed by atoms with Gasteiger partial charge in [-0.3, -0.25) is 9.59 Å². The van der Waals surface area contributed by atoms with E-state index < -0.39 is 0 Å². The predicted molar refractivity (Wildman–Crippen MR) is 78.2 cm³/mol. The van der Waals surface area contributed by atoms with Crippen molar-refractivity contribution >= 4 is 29.0 Å².